The van der Waals surface area contributed by atoms with Gasteiger partial charge in [-0.25, -0.2) is 0 Å². The third-order valence-corrected chi connectivity index (χ3v) is 0.667. The molecule has 0 fully saturated rings. The quantitative estimate of drug-likeness (QED) is 0.472. The summed E-state index contributed by atoms with van der Waals surface area (Å²) >= 11 is 0. The van der Waals surface area contributed by atoms with E-state index in [0.29, 0.717) is 0 Å². The maximum atomic E-state index is 2.00. The van der Waals surface area contributed by atoms with Gasteiger partial charge in [-0.3, -0.25) is 0 Å². The van der Waals surface area contributed by atoms with Gasteiger partial charge in [0.15, 0.2) is 0 Å². The molecule has 48 valence electrons. The molecule has 1 aromatic rings. The van der Waals surface area contributed by atoms with Crippen molar-refractivity contribution in [2.45, 2.75) is 0 Å². The molecule has 0 saturated carbocycles. The van der Waals surface area contributed by atoms with Crippen LogP contribution in [0.1, 0.15) is 1.43 Å². The van der Waals surface area contributed by atoms with Gasteiger partial charge in [-0.05, 0) is 0 Å². The van der Waals surface area contributed by atoms with Gasteiger partial charge < -0.3 is 1.43 Å². The van der Waals surface area contributed by atoms with Crippen LogP contribution < -0.4 is 29.6 Å². The maximum Gasteiger partial charge on any atom is 1.00 e. The Balaban J connectivity index is -0.0000000450. The van der Waals surface area contributed by atoms with E-state index in [0.717, 1.165) is 0 Å². The second kappa shape index (κ2) is 11.6. The normalized spacial score (nSPS) is 5.33. The zero-order valence-electron chi connectivity index (χ0n) is 6.28. The predicted molar refractivity (Wildman–Crippen MR) is 42.1 cm³/mol. The average Bonchev–Trinajstić information content (AvgIpc) is 1.72. The molecule has 0 atom stereocenters. The molecule has 3 heteroatoms. The van der Waals surface area contributed by atoms with Gasteiger partial charge in [0.25, 0.3) is 0 Å². The predicted octanol–water partition coefficient (Wildman–Crippen LogP) is -0.353. The van der Waals surface area contributed by atoms with Crippen molar-refractivity contribution in [3.63, 3.8) is 0 Å². The Morgan fingerprint density at radius 1 is 0.556 bits per heavy atom. The minimum absolute atomic E-state index is 0. The van der Waals surface area contributed by atoms with E-state index in [9.17, 15) is 0 Å². The smallest absolute Gasteiger partial charge is 1.00 e. The minimum Gasteiger partial charge on any atom is -1.00 e. The summed E-state index contributed by atoms with van der Waals surface area (Å²) in [5, 5.41) is 0. The fourth-order valence-electron chi connectivity index (χ4n) is 0.385. The van der Waals surface area contributed by atoms with Gasteiger partial charge in [0, 0.05) is 0 Å². The number of hydrogen-bond donors (Lipinski definition) is 0. The molecule has 9 heavy (non-hydrogen) atoms. The molecule has 0 heterocycles. The van der Waals surface area contributed by atoms with E-state index >= 15 is 0 Å². The molecule has 0 aliphatic rings. The Morgan fingerprint density at radius 2 is 0.667 bits per heavy atom. The first kappa shape index (κ1) is 16.4. The molecular formula is C6H9Cl2Na. The molecule has 0 radical (unpaired) electrons. The largest absolute Gasteiger partial charge is 1.00 e. The summed E-state index contributed by atoms with van der Waals surface area (Å²) in [6, 6.07) is 12.0. The van der Waals surface area contributed by atoms with E-state index in [4.69, 9.17) is 0 Å². The maximum absolute atomic E-state index is 2.00. The van der Waals surface area contributed by atoms with Gasteiger partial charge in [-0.15, -0.1) is 24.8 Å². The molecule has 0 spiro atoms. The van der Waals surface area contributed by atoms with Gasteiger partial charge in [-0.1, -0.05) is 36.4 Å². The second-order valence-electron chi connectivity index (χ2n) is 1.15. The molecule has 0 unspecified atom stereocenters. The van der Waals surface area contributed by atoms with Crippen molar-refractivity contribution in [1.82, 2.24) is 0 Å². The van der Waals surface area contributed by atoms with Crippen LogP contribution in [0.2, 0.25) is 0 Å². The van der Waals surface area contributed by atoms with Crippen LogP contribution in [0.5, 0.6) is 0 Å². The summed E-state index contributed by atoms with van der Waals surface area (Å²) in [5.74, 6) is 0. The van der Waals surface area contributed by atoms with Gasteiger partial charge in [0.05, 0.1) is 0 Å². The molecule has 1 aromatic carbocycles. The van der Waals surface area contributed by atoms with E-state index in [1.165, 1.54) is 0 Å². The Hall–Kier alpha value is 0.800. The zero-order valence-corrected chi connectivity index (χ0v) is 8.91. The van der Waals surface area contributed by atoms with Crippen molar-refractivity contribution in [2.75, 3.05) is 0 Å². The number of halogens is 2. The standard InChI is InChI=1S/C6H6.2ClH.Na.H/c1-2-4-6-5-3-1;;;;/h1-6H;2*1H;;/q;;;+1;-1. The van der Waals surface area contributed by atoms with Crippen LogP contribution in [0.25, 0.3) is 0 Å². The molecule has 0 N–H and O–H groups in total. The fraction of sp³-hybridized carbons (Fsp3) is 0. The topological polar surface area (TPSA) is 0 Å². The van der Waals surface area contributed by atoms with Crippen molar-refractivity contribution < 1.29 is 31.0 Å². The Labute approximate surface area is 91.6 Å². The molecular weight excluding hydrogens is 166 g/mol. The van der Waals surface area contributed by atoms with Crippen LogP contribution in [0.4, 0.5) is 0 Å². The fourth-order valence-corrected chi connectivity index (χ4v) is 0.385. The summed E-state index contributed by atoms with van der Waals surface area (Å²) in [4.78, 5) is 0. The SMILES string of the molecule is Cl.Cl.[H-].[Na+].c1ccccc1. The van der Waals surface area contributed by atoms with Gasteiger partial charge in [0.2, 0.25) is 0 Å². The van der Waals surface area contributed by atoms with Crippen molar-refractivity contribution in [3.05, 3.63) is 36.4 Å². The summed E-state index contributed by atoms with van der Waals surface area (Å²) in [6.07, 6.45) is 0. The van der Waals surface area contributed by atoms with Crippen LogP contribution >= 0.6 is 24.8 Å². The molecule has 0 nitrogen and oxygen atoms in total. The molecule has 0 aromatic heterocycles. The average molecular weight is 175 g/mol. The molecule has 0 aliphatic heterocycles. The van der Waals surface area contributed by atoms with Crippen molar-refractivity contribution in [3.8, 4) is 0 Å². The Morgan fingerprint density at radius 3 is 0.778 bits per heavy atom. The third-order valence-electron chi connectivity index (χ3n) is 0.667. The van der Waals surface area contributed by atoms with E-state index < -0.39 is 0 Å². The zero-order chi connectivity index (χ0) is 4.24. The first-order valence-electron chi connectivity index (χ1n) is 2.00. The van der Waals surface area contributed by atoms with Crippen LogP contribution in [0.15, 0.2) is 36.4 Å². The summed E-state index contributed by atoms with van der Waals surface area (Å²) in [6.45, 7) is 0. The van der Waals surface area contributed by atoms with Crippen LogP contribution in [0, 0.1) is 0 Å². The van der Waals surface area contributed by atoms with E-state index in [2.05, 4.69) is 0 Å². The molecule has 0 bridgehead atoms. The minimum atomic E-state index is 0. The molecule has 1 rings (SSSR count). The first-order chi connectivity index (χ1) is 3.00. The van der Waals surface area contributed by atoms with Crippen LogP contribution in [-0.2, 0) is 0 Å². The van der Waals surface area contributed by atoms with Crippen LogP contribution in [0.3, 0.4) is 0 Å². The Kier molecular flexibility index (Phi) is 21.1. The second-order valence-corrected chi connectivity index (χ2v) is 1.15. The van der Waals surface area contributed by atoms with Crippen molar-refractivity contribution in [1.29, 1.82) is 0 Å². The van der Waals surface area contributed by atoms with Gasteiger partial charge >= 0.3 is 29.6 Å². The molecule has 0 saturated heterocycles. The molecule has 0 amide bonds. The Bertz CT molecular complexity index is 87.7. The monoisotopic (exact) mass is 174 g/mol. The first-order valence-corrected chi connectivity index (χ1v) is 2.00. The molecule has 0 aliphatic carbocycles. The summed E-state index contributed by atoms with van der Waals surface area (Å²) in [5.41, 5.74) is 0. The van der Waals surface area contributed by atoms with Gasteiger partial charge in [-0.2, -0.15) is 0 Å². The number of benzene rings is 1. The third kappa shape index (κ3) is 8.80. The van der Waals surface area contributed by atoms with E-state index in [1.807, 2.05) is 36.4 Å². The van der Waals surface area contributed by atoms with Crippen molar-refractivity contribution in [2.24, 2.45) is 0 Å². The van der Waals surface area contributed by atoms with Crippen molar-refractivity contribution >= 4 is 24.8 Å². The van der Waals surface area contributed by atoms with Gasteiger partial charge in [0.1, 0.15) is 0 Å². The number of hydrogen-bond acceptors (Lipinski definition) is 0. The summed E-state index contributed by atoms with van der Waals surface area (Å²) < 4.78 is 0. The number of rotatable bonds is 0. The summed E-state index contributed by atoms with van der Waals surface area (Å²) in [7, 11) is 0. The van der Waals surface area contributed by atoms with Crippen LogP contribution in [-0.4, -0.2) is 0 Å². The van der Waals surface area contributed by atoms with E-state index in [1.54, 1.807) is 0 Å². The van der Waals surface area contributed by atoms with E-state index in [-0.39, 0.29) is 55.8 Å².